The Morgan fingerprint density at radius 3 is 2.67 bits per heavy atom. The number of hydrogen-bond donors (Lipinski definition) is 1. The SMILES string of the molecule is CCCNc1cccc(N2CC(C)CC(C)C2)n1. The van der Waals surface area contributed by atoms with Crippen LogP contribution >= 0.6 is 0 Å². The molecule has 3 heteroatoms. The van der Waals surface area contributed by atoms with Gasteiger partial charge in [0, 0.05) is 19.6 Å². The minimum Gasteiger partial charge on any atom is -0.370 e. The molecule has 0 bridgehead atoms. The molecule has 2 atom stereocenters. The molecular weight excluding hydrogens is 222 g/mol. The second-order valence-electron chi connectivity index (χ2n) is 5.66. The number of nitrogens with one attached hydrogen (secondary N) is 1. The molecule has 3 nitrogen and oxygen atoms in total. The molecule has 0 spiro atoms. The zero-order valence-electron chi connectivity index (χ0n) is 11.8. The highest BCUT2D eigenvalue weighted by atomic mass is 15.2. The van der Waals surface area contributed by atoms with Crippen LogP contribution in [0.3, 0.4) is 0 Å². The van der Waals surface area contributed by atoms with Gasteiger partial charge in [0.05, 0.1) is 0 Å². The molecule has 2 rings (SSSR count). The largest absolute Gasteiger partial charge is 0.370 e. The van der Waals surface area contributed by atoms with Crippen molar-refractivity contribution in [3.63, 3.8) is 0 Å². The first-order valence-corrected chi connectivity index (χ1v) is 7.15. The van der Waals surface area contributed by atoms with Crippen molar-refractivity contribution in [3.8, 4) is 0 Å². The van der Waals surface area contributed by atoms with Crippen LogP contribution < -0.4 is 10.2 Å². The Kier molecular flexibility index (Phi) is 4.45. The first-order chi connectivity index (χ1) is 8.69. The van der Waals surface area contributed by atoms with E-state index in [0.29, 0.717) is 0 Å². The predicted octanol–water partition coefficient (Wildman–Crippen LogP) is 3.39. The van der Waals surface area contributed by atoms with Crippen LogP contribution in [0.25, 0.3) is 0 Å². The van der Waals surface area contributed by atoms with Crippen LogP contribution in [0.15, 0.2) is 18.2 Å². The summed E-state index contributed by atoms with van der Waals surface area (Å²) < 4.78 is 0. The molecule has 0 saturated carbocycles. The first-order valence-electron chi connectivity index (χ1n) is 7.15. The number of aromatic nitrogens is 1. The van der Waals surface area contributed by atoms with Gasteiger partial charge in [-0.3, -0.25) is 0 Å². The maximum absolute atomic E-state index is 4.72. The van der Waals surface area contributed by atoms with Gasteiger partial charge in [-0.25, -0.2) is 4.98 Å². The lowest BCUT2D eigenvalue weighted by atomic mass is 9.92. The molecule has 2 heterocycles. The smallest absolute Gasteiger partial charge is 0.130 e. The lowest BCUT2D eigenvalue weighted by Crippen LogP contribution is -2.39. The van der Waals surface area contributed by atoms with Crippen molar-refractivity contribution in [1.82, 2.24) is 4.98 Å². The quantitative estimate of drug-likeness (QED) is 0.884. The molecule has 2 unspecified atom stereocenters. The predicted molar refractivity (Wildman–Crippen MR) is 78.2 cm³/mol. The van der Waals surface area contributed by atoms with Crippen LogP contribution in [-0.2, 0) is 0 Å². The van der Waals surface area contributed by atoms with Gasteiger partial charge in [-0.15, -0.1) is 0 Å². The third-order valence-electron chi connectivity index (χ3n) is 3.48. The summed E-state index contributed by atoms with van der Waals surface area (Å²) in [5.41, 5.74) is 0. The third kappa shape index (κ3) is 3.37. The van der Waals surface area contributed by atoms with Crippen LogP contribution in [0, 0.1) is 11.8 Å². The minimum atomic E-state index is 0.766. The zero-order valence-corrected chi connectivity index (χ0v) is 11.8. The van der Waals surface area contributed by atoms with E-state index in [4.69, 9.17) is 4.98 Å². The fourth-order valence-corrected chi connectivity index (χ4v) is 2.80. The Bertz CT molecular complexity index is 368. The highest BCUT2D eigenvalue weighted by Gasteiger charge is 2.22. The number of hydrogen-bond acceptors (Lipinski definition) is 3. The highest BCUT2D eigenvalue weighted by Crippen LogP contribution is 2.25. The summed E-state index contributed by atoms with van der Waals surface area (Å²) in [7, 11) is 0. The molecule has 1 N–H and O–H groups in total. The van der Waals surface area contributed by atoms with Crippen molar-refractivity contribution >= 4 is 11.6 Å². The average molecular weight is 247 g/mol. The topological polar surface area (TPSA) is 28.2 Å². The molecule has 1 aromatic rings. The normalized spacial score (nSPS) is 24.1. The third-order valence-corrected chi connectivity index (χ3v) is 3.48. The molecule has 100 valence electrons. The fraction of sp³-hybridized carbons (Fsp3) is 0.667. The maximum atomic E-state index is 4.72. The Hall–Kier alpha value is -1.25. The lowest BCUT2D eigenvalue weighted by Gasteiger charge is -2.35. The van der Waals surface area contributed by atoms with E-state index >= 15 is 0 Å². The van der Waals surface area contributed by atoms with Crippen molar-refractivity contribution in [2.45, 2.75) is 33.6 Å². The second kappa shape index (κ2) is 6.07. The summed E-state index contributed by atoms with van der Waals surface area (Å²) in [5, 5.41) is 3.36. The molecule has 1 aliphatic rings. The van der Waals surface area contributed by atoms with E-state index in [1.165, 1.54) is 6.42 Å². The minimum absolute atomic E-state index is 0.766. The Morgan fingerprint density at radius 2 is 2.00 bits per heavy atom. The van der Waals surface area contributed by atoms with Crippen molar-refractivity contribution in [1.29, 1.82) is 0 Å². The van der Waals surface area contributed by atoms with Crippen LogP contribution in [0.2, 0.25) is 0 Å². The molecule has 0 aliphatic carbocycles. The van der Waals surface area contributed by atoms with E-state index in [-0.39, 0.29) is 0 Å². The van der Waals surface area contributed by atoms with Gasteiger partial charge in [0.1, 0.15) is 11.6 Å². The summed E-state index contributed by atoms with van der Waals surface area (Å²) in [5.74, 6) is 3.65. The zero-order chi connectivity index (χ0) is 13.0. The maximum Gasteiger partial charge on any atom is 0.130 e. The summed E-state index contributed by atoms with van der Waals surface area (Å²) >= 11 is 0. The van der Waals surface area contributed by atoms with Gasteiger partial charge in [-0.1, -0.05) is 26.8 Å². The van der Waals surface area contributed by atoms with Crippen molar-refractivity contribution in [2.24, 2.45) is 11.8 Å². The summed E-state index contributed by atoms with van der Waals surface area (Å²) in [6, 6.07) is 6.28. The van der Waals surface area contributed by atoms with Crippen LogP contribution in [0.1, 0.15) is 33.6 Å². The van der Waals surface area contributed by atoms with Gasteiger partial charge in [-0.2, -0.15) is 0 Å². The molecule has 0 radical (unpaired) electrons. The molecule has 18 heavy (non-hydrogen) atoms. The van der Waals surface area contributed by atoms with Crippen molar-refractivity contribution in [2.75, 3.05) is 29.9 Å². The standard InChI is InChI=1S/C15H25N3/c1-4-8-16-14-6-5-7-15(17-14)18-10-12(2)9-13(3)11-18/h5-7,12-13H,4,8-11H2,1-3H3,(H,16,17). The van der Waals surface area contributed by atoms with E-state index in [2.05, 4.69) is 49.2 Å². The molecule has 1 aromatic heterocycles. The molecule has 1 fully saturated rings. The van der Waals surface area contributed by atoms with Crippen LogP contribution in [0.5, 0.6) is 0 Å². The van der Waals surface area contributed by atoms with Crippen molar-refractivity contribution < 1.29 is 0 Å². The Morgan fingerprint density at radius 1 is 1.28 bits per heavy atom. The number of anilines is 2. The van der Waals surface area contributed by atoms with Gasteiger partial charge in [0.25, 0.3) is 0 Å². The van der Waals surface area contributed by atoms with Gasteiger partial charge in [0.2, 0.25) is 0 Å². The molecule has 0 amide bonds. The second-order valence-corrected chi connectivity index (χ2v) is 5.66. The lowest BCUT2D eigenvalue weighted by molar-refractivity contribution is 0.355. The molecule has 0 aromatic carbocycles. The average Bonchev–Trinajstić information content (AvgIpc) is 2.35. The molecule has 1 aliphatic heterocycles. The first kappa shape index (κ1) is 13.2. The highest BCUT2D eigenvalue weighted by molar-refractivity contribution is 5.47. The van der Waals surface area contributed by atoms with Gasteiger partial charge >= 0.3 is 0 Å². The van der Waals surface area contributed by atoms with E-state index in [1.54, 1.807) is 0 Å². The number of piperidine rings is 1. The number of rotatable bonds is 4. The fourth-order valence-electron chi connectivity index (χ4n) is 2.80. The molecular formula is C15H25N3. The van der Waals surface area contributed by atoms with Crippen LogP contribution in [0.4, 0.5) is 11.6 Å². The van der Waals surface area contributed by atoms with Crippen molar-refractivity contribution in [3.05, 3.63) is 18.2 Å². The number of nitrogens with zero attached hydrogens (tertiary/aromatic N) is 2. The monoisotopic (exact) mass is 247 g/mol. The summed E-state index contributed by atoms with van der Waals surface area (Å²) in [6.45, 7) is 10.1. The van der Waals surface area contributed by atoms with E-state index in [0.717, 1.165) is 49.5 Å². The van der Waals surface area contributed by atoms with Gasteiger partial charge < -0.3 is 10.2 Å². The number of pyridine rings is 1. The van der Waals surface area contributed by atoms with Crippen LogP contribution in [-0.4, -0.2) is 24.6 Å². The van der Waals surface area contributed by atoms with E-state index < -0.39 is 0 Å². The van der Waals surface area contributed by atoms with E-state index in [9.17, 15) is 0 Å². The van der Waals surface area contributed by atoms with E-state index in [1.807, 2.05) is 0 Å². The van der Waals surface area contributed by atoms with Gasteiger partial charge in [-0.05, 0) is 36.8 Å². The molecule has 1 saturated heterocycles. The summed E-state index contributed by atoms with van der Waals surface area (Å²) in [6.07, 6.45) is 2.47. The Labute approximate surface area is 111 Å². The van der Waals surface area contributed by atoms with Gasteiger partial charge in [0.15, 0.2) is 0 Å². The summed E-state index contributed by atoms with van der Waals surface area (Å²) in [4.78, 5) is 7.14. The Balaban J connectivity index is 2.07.